The lowest BCUT2D eigenvalue weighted by atomic mass is 10.1. The van der Waals surface area contributed by atoms with Gasteiger partial charge >= 0.3 is 0 Å². The van der Waals surface area contributed by atoms with Crippen LogP contribution in [0.25, 0.3) is 6.08 Å². The van der Waals surface area contributed by atoms with Gasteiger partial charge in [-0.25, -0.2) is 0 Å². The van der Waals surface area contributed by atoms with E-state index in [1.54, 1.807) is 14.2 Å². The molecule has 0 heterocycles. The molecule has 3 nitrogen and oxygen atoms in total. The van der Waals surface area contributed by atoms with Crippen molar-refractivity contribution in [1.82, 2.24) is 0 Å². The van der Waals surface area contributed by atoms with Gasteiger partial charge in [0, 0.05) is 5.56 Å². The Bertz CT molecular complexity index is 726. The third kappa shape index (κ3) is 5.42. The Morgan fingerprint density at radius 2 is 1.64 bits per heavy atom. The van der Waals surface area contributed by atoms with E-state index in [2.05, 4.69) is 24.3 Å². The van der Waals surface area contributed by atoms with Crippen LogP contribution >= 0.6 is 0 Å². The summed E-state index contributed by atoms with van der Waals surface area (Å²) < 4.78 is 16.9. The summed E-state index contributed by atoms with van der Waals surface area (Å²) in [5.41, 5.74) is 3.45. The highest BCUT2D eigenvalue weighted by molar-refractivity contribution is 5.57. The van der Waals surface area contributed by atoms with Gasteiger partial charge in [0.15, 0.2) is 11.5 Å². The van der Waals surface area contributed by atoms with Gasteiger partial charge in [0.2, 0.25) is 5.75 Å². The lowest BCUT2D eigenvalue weighted by molar-refractivity contribution is 0.306. The Balaban J connectivity index is 2.18. The van der Waals surface area contributed by atoms with Crippen LogP contribution < -0.4 is 14.2 Å². The standard InChI is InChI=1S/C22H26O3/c1-17(2)15-16-25-20-14-13-19(21(23-3)22(20)24-4)12-8-11-18-9-6-5-7-10-18/h5-11,13-15H,12,16H2,1-4H3/b11-8+. The Morgan fingerprint density at radius 1 is 0.920 bits per heavy atom. The van der Waals surface area contributed by atoms with Crippen LogP contribution in [0.2, 0.25) is 0 Å². The molecule has 0 radical (unpaired) electrons. The van der Waals surface area contributed by atoms with Crippen molar-refractivity contribution >= 4 is 6.08 Å². The van der Waals surface area contributed by atoms with E-state index in [4.69, 9.17) is 14.2 Å². The summed E-state index contributed by atoms with van der Waals surface area (Å²) in [7, 11) is 3.29. The number of ether oxygens (including phenoxy) is 3. The van der Waals surface area contributed by atoms with Crippen LogP contribution in [0.15, 0.2) is 60.2 Å². The largest absolute Gasteiger partial charge is 0.492 e. The highest BCUT2D eigenvalue weighted by atomic mass is 16.5. The molecule has 0 N–H and O–H groups in total. The Morgan fingerprint density at radius 3 is 2.28 bits per heavy atom. The molecule has 2 aromatic rings. The summed E-state index contributed by atoms with van der Waals surface area (Å²) in [4.78, 5) is 0. The van der Waals surface area contributed by atoms with Crippen molar-refractivity contribution in [3.8, 4) is 17.2 Å². The minimum Gasteiger partial charge on any atom is -0.492 e. The molecule has 0 aromatic heterocycles. The molecule has 0 aliphatic rings. The molecule has 2 rings (SSSR count). The fraction of sp³-hybridized carbons (Fsp3) is 0.273. The molecular weight excluding hydrogens is 312 g/mol. The van der Waals surface area contributed by atoms with Crippen molar-refractivity contribution < 1.29 is 14.2 Å². The van der Waals surface area contributed by atoms with Gasteiger partial charge in [0.1, 0.15) is 6.61 Å². The van der Waals surface area contributed by atoms with E-state index in [0.717, 1.165) is 17.7 Å². The predicted octanol–water partition coefficient (Wildman–Crippen LogP) is 5.30. The number of allylic oxidation sites excluding steroid dienone is 2. The monoisotopic (exact) mass is 338 g/mol. The van der Waals surface area contributed by atoms with Gasteiger partial charge in [-0.3, -0.25) is 0 Å². The van der Waals surface area contributed by atoms with E-state index in [1.807, 2.05) is 50.3 Å². The summed E-state index contributed by atoms with van der Waals surface area (Å²) in [6.07, 6.45) is 7.01. The molecule has 0 atom stereocenters. The highest BCUT2D eigenvalue weighted by Gasteiger charge is 2.15. The van der Waals surface area contributed by atoms with Gasteiger partial charge in [0.25, 0.3) is 0 Å². The highest BCUT2D eigenvalue weighted by Crippen LogP contribution is 2.40. The van der Waals surface area contributed by atoms with E-state index in [-0.39, 0.29) is 0 Å². The van der Waals surface area contributed by atoms with Crippen molar-refractivity contribution in [3.05, 3.63) is 71.3 Å². The maximum atomic E-state index is 5.81. The summed E-state index contributed by atoms with van der Waals surface area (Å²) in [6.45, 7) is 4.60. The molecule has 25 heavy (non-hydrogen) atoms. The van der Waals surface area contributed by atoms with Crippen LogP contribution in [-0.2, 0) is 6.42 Å². The SMILES string of the molecule is COc1c(C/C=C/c2ccccc2)ccc(OCC=C(C)C)c1OC. The second kappa shape index (κ2) is 9.58. The predicted molar refractivity (Wildman–Crippen MR) is 104 cm³/mol. The van der Waals surface area contributed by atoms with Gasteiger partial charge < -0.3 is 14.2 Å². The van der Waals surface area contributed by atoms with E-state index in [9.17, 15) is 0 Å². The molecule has 132 valence electrons. The van der Waals surface area contributed by atoms with Gasteiger partial charge in [-0.05, 0) is 38.0 Å². The van der Waals surface area contributed by atoms with Crippen LogP contribution in [0.5, 0.6) is 17.2 Å². The number of hydrogen-bond donors (Lipinski definition) is 0. The zero-order chi connectivity index (χ0) is 18.1. The van der Waals surface area contributed by atoms with Crippen LogP contribution in [-0.4, -0.2) is 20.8 Å². The zero-order valence-corrected chi connectivity index (χ0v) is 15.4. The van der Waals surface area contributed by atoms with Crippen molar-refractivity contribution in [2.75, 3.05) is 20.8 Å². The molecule has 0 spiro atoms. The van der Waals surface area contributed by atoms with Crippen molar-refractivity contribution in [1.29, 1.82) is 0 Å². The first-order valence-corrected chi connectivity index (χ1v) is 8.37. The quantitative estimate of drug-likeness (QED) is 0.611. The van der Waals surface area contributed by atoms with Gasteiger partial charge in [0.05, 0.1) is 14.2 Å². The lowest BCUT2D eigenvalue weighted by Gasteiger charge is -2.16. The number of rotatable bonds is 8. The molecule has 0 saturated carbocycles. The minimum atomic E-state index is 0.509. The first kappa shape index (κ1) is 18.7. The smallest absolute Gasteiger partial charge is 0.203 e. The zero-order valence-electron chi connectivity index (χ0n) is 15.4. The van der Waals surface area contributed by atoms with Crippen molar-refractivity contribution in [2.24, 2.45) is 0 Å². The molecule has 2 aromatic carbocycles. The van der Waals surface area contributed by atoms with E-state index in [0.29, 0.717) is 18.1 Å². The molecule has 0 fully saturated rings. The summed E-state index contributed by atoms with van der Waals surface area (Å²) in [6, 6.07) is 14.2. The normalized spacial score (nSPS) is 10.6. The summed E-state index contributed by atoms with van der Waals surface area (Å²) >= 11 is 0. The average Bonchev–Trinajstić information content (AvgIpc) is 2.62. The van der Waals surface area contributed by atoms with Gasteiger partial charge in [-0.15, -0.1) is 0 Å². The Kier molecular flexibility index (Phi) is 7.15. The number of methoxy groups -OCH3 is 2. The third-order valence-corrected chi connectivity index (χ3v) is 3.74. The maximum Gasteiger partial charge on any atom is 0.203 e. The topological polar surface area (TPSA) is 27.7 Å². The Hall–Kier alpha value is -2.68. The molecule has 0 aliphatic carbocycles. The second-order valence-corrected chi connectivity index (χ2v) is 5.90. The van der Waals surface area contributed by atoms with E-state index >= 15 is 0 Å². The van der Waals surface area contributed by atoms with Gasteiger partial charge in [-0.1, -0.05) is 54.1 Å². The molecule has 0 aliphatic heterocycles. The lowest BCUT2D eigenvalue weighted by Crippen LogP contribution is -2.01. The first-order chi connectivity index (χ1) is 12.2. The van der Waals surface area contributed by atoms with Crippen LogP contribution in [0, 0.1) is 0 Å². The van der Waals surface area contributed by atoms with Crippen LogP contribution in [0.1, 0.15) is 25.0 Å². The second-order valence-electron chi connectivity index (χ2n) is 5.90. The molecule has 0 bridgehead atoms. The molecule has 0 unspecified atom stereocenters. The van der Waals surface area contributed by atoms with Gasteiger partial charge in [-0.2, -0.15) is 0 Å². The van der Waals surface area contributed by atoms with Crippen LogP contribution in [0.4, 0.5) is 0 Å². The fourth-order valence-corrected chi connectivity index (χ4v) is 2.46. The molecular formula is C22H26O3. The average molecular weight is 338 g/mol. The number of hydrogen-bond acceptors (Lipinski definition) is 3. The van der Waals surface area contributed by atoms with Crippen LogP contribution in [0.3, 0.4) is 0 Å². The molecule has 0 saturated heterocycles. The minimum absolute atomic E-state index is 0.509. The van der Waals surface area contributed by atoms with E-state index < -0.39 is 0 Å². The molecule has 3 heteroatoms. The third-order valence-electron chi connectivity index (χ3n) is 3.74. The molecule has 0 amide bonds. The summed E-state index contributed by atoms with van der Waals surface area (Å²) in [5.74, 6) is 2.04. The van der Waals surface area contributed by atoms with E-state index in [1.165, 1.54) is 11.1 Å². The van der Waals surface area contributed by atoms with Crippen molar-refractivity contribution in [2.45, 2.75) is 20.3 Å². The summed E-state index contributed by atoms with van der Waals surface area (Å²) in [5, 5.41) is 0. The Labute approximate surface area is 150 Å². The maximum absolute atomic E-state index is 5.81. The number of benzene rings is 2. The van der Waals surface area contributed by atoms with Crippen molar-refractivity contribution in [3.63, 3.8) is 0 Å². The first-order valence-electron chi connectivity index (χ1n) is 8.37. The fourth-order valence-electron chi connectivity index (χ4n) is 2.46.